The predicted molar refractivity (Wildman–Crippen MR) is 82.3 cm³/mol. The summed E-state index contributed by atoms with van der Waals surface area (Å²) in [7, 11) is 0. The van der Waals surface area contributed by atoms with Crippen molar-refractivity contribution in [2.45, 2.75) is 37.8 Å². The summed E-state index contributed by atoms with van der Waals surface area (Å²) < 4.78 is 0. The molecule has 1 aromatic rings. The number of benzene rings is 1. The molecule has 0 unspecified atom stereocenters. The molecule has 2 amide bonds. The van der Waals surface area contributed by atoms with Crippen LogP contribution in [0.4, 0.5) is 0 Å². The van der Waals surface area contributed by atoms with Crippen molar-refractivity contribution in [3.05, 3.63) is 35.9 Å². The molecular formula is C17H20N2O4. The summed E-state index contributed by atoms with van der Waals surface area (Å²) >= 11 is 0. The first kappa shape index (κ1) is 15.5. The molecule has 1 aliphatic heterocycles. The normalized spacial score (nSPS) is 22.5. The molecule has 2 fully saturated rings. The van der Waals surface area contributed by atoms with Gasteiger partial charge in [0, 0.05) is 19.5 Å². The number of nitrogens with zero attached hydrogens (tertiary/aromatic N) is 1. The molecule has 122 valence electrons. The Morgan fingerprint density at radius 2 is 1.96 bits per heavy atom. The van der Waals surface area contributed by atoms with E-state index >= 15 is 0 Å². The number of rotatable bonds is 5. The monoisotopic (exact) mass is 316 g/mol. The molecule has 1 saturated carbocycles. The molecule has 0 spiro atoms. The van der Waals surface area contributed by atoms with E-state index in [9.17, 15) is 19.5 Å². The molecule has 1 atom stereocenters. The maximum atomic E-state index is 12.3. The highest BCUT2D eigenvalue weighted by Crippen LogP contribution is 2.33. The Morgan fingerprint density at radius 1 is 1.26 bits per heavy atom. The second-order valence-electron chi connectivity index (χ2n) is 6.39. The van der Waals surface area contributed by atoms with Gasteiger partial charge in [-0.15, -0.1) is 0 Å². The maximum absolute atomic E-state index is 12.3. The van der Waals surface area contributed by atoms with Crippen molar-refractivity contribution in [1.29, 1.82) is 0 Å². The summed E-state index contributed by atoms with van der Waals surface area (Å²) in [5.41, 5.74) is -0.101. The summed E-state index contributed by atoms with van der Waals surface area (Å²) in [5.74, 6) is -1.84. The number of hydrogen-bond donors (Lipinski definition) is 2. The standard InChI is InChI=1S/C17H20N2O4/c20-14-9-13(11-19(14)10-12-5-2-1-3-6-12)15(21)18-17(16(22)23)7-4-8-17/h1-3,5-6,13H,4,7-11H2,(H,18,21)(H,22,23)/t13-/m0/s1. The van der Waals surface area contributed by atoms with Crippen molar-refractivity contribution in [1.82, 2.24) is 10.2 Å². The second-order valence-corrected chi connectivity index (χ2v) is 6.39. The number of carbonyl (C=O) groups is 3. The highest BCUT2D eigenvalue weighted by atomic mass is 16.4. The first-order valence-electron chi connectivity index (χ1n) is 7.87. The molecule has 23 heavy (non-hydrogen) atoms. The lowest BCUT2D eigenvalue weighted by Crippen LogP contribution is -2.60. The van der Waals surface area contributed by atoms with Gasteiger partial charge in [-0.2, -0.15) is 0 Å². The van der Waals surface area contributed by atoms with Crippen LogP contribution >= 0.6 is 0 Å². The summed E-state index contributed by atoms with van der Waals surface area (Å²) in [6.45, 7) is 0.822. The SMILES string of the molecule is O=C(NC1(C(=O)O)CCC1)[C@H]1CC(=O)N(Cc2ccccc2)C1. The second kappa shape index (κ2) is 6.02. The van der Waals surface area contributed by atoms with Crippen molar-refractivity contribution < 1.29 is 19.5 Å². The Morgan fingerprint density at radius 3 is 2.52 bits per heavy atom. The van der Waals surface area contributed by atoms with Crippen LogP contribution in [0.3, 0.4) is 0 Å². The minimum Gasteiger partial charge on any atom is -0.480 e. The van der Waals surface area contributed by atoms with Crippen LogP contribution in [0.5, 0.6) is 0 Å². The first-order valence-corrected chi connectivity index (χ1v) is 7.87. The number of likely N-dealkylation sites (tertiary alicyclic amines) is 1. The van der Waals surface area contributed by atoms with Crippen LogP contribution < -0.4 is 5.32 Å². The third kappa shape index (κ3) is 3.06. The molecule has 1 aromatic carbocycles. The minimum atomic E-state index is -1.12. The van der Waals surface area contributed by atoms with E-state index in [1.54, 1.807) is 4.90 Å². The Kier molecular flexibility index (Phi) is 4.07. The quantitative estimate of drug-likeness (QED) is 0.853. The van der Waals surface area contributed by atoms with E-state index in [-0.39, 0.29) is 18.2 Å². The fourth-order valence-corrected chi connectivity index (χ4v) is 3.16. The van der Waals surface area contributed by atoms with E-state index in [2.05, 4.69) is 5.32 Å². The molecule has 2 N–H and O–H groups in total. The number of amides is 2. The van der Waals surface area contributed by atoms with Crippen LogP contribution in [-0.2, 0) is 20.9 Å². The van der Waals surface area contributed by atoms with Gasteiger partial charge in [0.1, 0.15) is 5.54 Å². The fraction of sp³-hybridized carbons (Fsp3) is 0.471. The molecule has 0 aromatic heterocycles. The first-order chi connectivity index (χ1) is 11.0. The van der Waals surface area contributed by atoms with Crippen LogP contribution in [0.2, 0.25) is 0 Å². The highest BCUT2D eigenvalue weighted by molar-refractivity contribution is 5.93. The predicted octanol–water partition coefficient (Wildman–Crippen LogP) is 1.16. The van der Waals surface area contributed by atoms with Gasteiger partial charge >= 0.3 is 5.97 Å². The van der Waals surface area contributed by atoms with Gasteiger partial charge in [0.15, 0.2) is 0 Å². The zero-order valence-corrected chi connectivity index (χ0v) is 12.8. The van der Waals surface area contributed by atoms with Crippen molar-refractivity contribution in [2.75, 3.05) is 6.54 Å². The van der Waals surface area contributed by atoms with Gasteiger partial charge in [-0.3, -0.25) is 9.59 Å². The van der Waals surface area contributed by atoms with Gasteiger partial charge < -0.3 is 15.3 Å². The summed E-state index contributed by atoms with van der Waals surface area (Å²) in [4.78, 5) is 37.4. The van der Waals surface area contributed by atoms with E-state index in [1.165, 1.54) is 0 Å². The Hall–Kier alpha value is -2.37. The van der Waals surface area contributed by atoms with Gasteiger partial charge in [-0.25, -0.2) is 4.79 Å². The summed E-state index contributed by atoms with van der Waals surface area (Å²) in [6, 6.07) is 9.61. The van der Waals surface area contributed by atoms with E-state index < -0.39 is 17.4 Å². The lowest BCUT2D eigenvalue weighted by Gasteiger charge is -2.38. The number of nitrogens with one attached hydrogen (secondary N) is 1. The molecule has 1 aliphatic carbocycles. The number of carbonyl (C=O) groups excluding carboxylic acids is 2. The van der Waals surface area contributed by atoms with Gasteiger partial charge in [0.25, 0.3) is 0 Å². The van der Waals surface area contributed by atoms with Gasteiger partial charge in [0.05, 0.1) is 5.92 Å². The molecule has 6 heteroatoms. The van der Waals surface area contributed by atoms with Gasteiger partial charge in [-0.1, -0.05) is 30.3 Å². The average molecular weight is 316 g/mol. The highest BCUT2D eigenvalue weighted by Gasteiger charge is 2.47. The summed E-state index contributed by atoms with van der Waals surface area (Å²) in [5, 5.41) is 11.9. The van der Waals surface area contributed by atoms with E-state index in [0.717, 1.165) is 12.0 Å². The molecule has 1 saturated heterocycles. The lowest BCUT2D eigenvalue weighted by molar-refractivity contribution is -0.152. The number of aliphatic carboxylic acids is 1. The average Bonchev–Trinajstić information content (AvgIpc) is 2.85. The number of carboxylic acid groups (broad SMARTS) is 1. The minimum absolute atomic E-state index is 0.0630. The lowest BCUT2D eigenvalue weighted by atomic mass is 9.76. The van der Waals surface area contributed by atoms with E-state index in [0.29, 0.717) is 25.9 Å². The fourth-order valence-electron chi connectivity index (χ4n) is 3.16. The zero-order chi connectivity index (χ0) is 16.4. The maximum Gasteiger partial charge on any atom is 0.329 e. The summed E-state index contributed by atoms with van der Waals surface area (Å²) in [6.07, 6.45) is 1.87. The van der Waals surface area contributed by atoms with Crippen LogP contribution in [-0.4, -0.2) is 39.9 Å². The molecular weight excluding hydrogens is 296 g/mol. The van der Waals surface area contributed by atoms with Crippen LogP contribution in [0, 0.1) is 5.92 Å². The number of carboxylic acids is 1. The largest absolute Gasteiger partial charge is 0.480 e. The van der Waals surface area contributed by atoms with E-state index in [1.807, 2.05) is 30.3 Å². The van der Waals surface area contributed by atoms with E-state index in [4.69, 9.17) is 0 Å². The smallest absolute Gasteiger partial charge is 0.329 e. The third-order valence-electron chi connectivity index (χ3n) is 4.78. The van der Waals surface area contributed by atoms with Crippen LogP contribution in [0.25, 0.3) is 0 Å². The Bertz CT molecular complexity index is 625. The van der Waals surface area contributed by atoms with Crippen molar-refractivity contribution in [3.63, 3.8) is 0 Å². The Labute approximate surface area is 134 Å². The molecule has 0 radical (unpaired) electrons. The van der Waals surface area contributed by atoms with Crippen molar-refractivity contribution in [3.8, 4) is 0 Å². The number of hydrogen-bond acceptors (Lipinski definition) is 3. The molecule has 2 aliphatic rings. The third-order valence-corrected chi connectivity index (χ3v) is 4.78. The topological polar surface area (TPSA) is 86.7 Å². The van der Waals surface area contributed by atoms with Crippen LogP contribution in [0.15, 0.2) is 30.3 Å². The zero-order valence-electron chi connectivity index (χ0n) is 12.8. The molecule has 3 rings (SSSR count). The molecule has 0 bridgehead atoms. The van der Waals surface area contributed by atoms with Crippen LogP contribution in [0.1, 0.15) is 31.2 Å². The van der Waals surface area contributed by atoms with Crippen molar-refractivity contribution in [2.24, 2.45) is 5.92 Å². The Balaban J connectivity index is 1.61. The van der Waals surface area contributed by atoms with Gasteiger partial charge in [0.2, 0.25) is 11.8 Å². The molecule has 1 heterocycles. The van der Waals surface area contributed by atoms with Crippen molar-refractivity contribution >= 4 is 17.8 Å². The molecule has 6 nitrogen and oxygen atoms in total. The van der Waals surface area contributed by atoms with Gasteiger partial charge in [-0.05, 0) is 24.8 Å².